The summed E-state index contributed by atoms with van der Waals surface area (Å²) < 4.78 is 0. The highest BCUT2D eigenvalue weighted by atomic mass is 16.2. The van der Waals surface area contributed by atoms with Crippen molar-refractivity contribution in [2.24, 2.45) is 5.92 Å². The molecule has 0 aliphatic carbocycles. The van der Waals surface area contributed by atoms with Crippen molar-refractivity contribution in [3.63, 3.8) is 0 Å². The van der Waals surface area contributed by atoms with Crippen LogP contribution in [0.2, 0.25) is 0 Å². The topological polar surface area (TPSA) is 32.3 Å². The molecule has 2 aromatic carbocycles. The Hall–Kier alpha value is -2.13. The molecule has 0 aromatic heterocycles. The lowest BCUT2D eigenvalue weighted by Crippen LogP contribution is -2.42. The molecule has 142 valence electrons. The van der Waals surface area contributed by atoms with E-state index < -0.39 is 0 Å². The summed E-state index contributed by atoms with van der Waals surface area (Å²) >= 11 is 0. The Labute approximate surface area is 162 Å². The van der Waals surface area contributed by atoms with Crippen LogP contribution in [0.15, 0.2) is 60.7 Å². The van der Waals surface area contributed by atoms with Gasteiger partial charge in [0, 0.05) is 24.5 Å². The monoisotopic (exact) mass is 362 g/mol. The first-order valence-electron chi connectivity index (χ1n) is 10.4. The second-order valence-corrected chi connectivity index (χ2v) is 8.09. The van der Waals surface area contributed by atoms with Gasteiger partial charge in [-0.2, -0.15) is 0 Å². The number of nitrogens with one attached hydrogen (secondary N) is 1. The average Bonchev–Trinajstić information content (AvgIpc) is 3.07. The van der Waals surface area contributed by atoms with Crippen molar-refractivity contribution in [1.29, 1.82) is 0 Å². The molecule has 2 aliphatic rings. The summed E-state index contributed by atoms with van der Waals surface area (Å²) in [7, 11) is 0. The number of benzene rings is 2. The van der Waals surface area contributed by atoms with Crippen LogP contribution in [0.25, 0.3) is 0 Å². The van der Waals surface area contributed by atoms with Crippen molar-refractivity contribution in [3.05, 3.63) is 71.8 Å². The minimum atomic E-state index is 0.125. The summed E-state index contributed by atoms with van der Waals surface area (Å²) in [5.41, 5.74) is 2.50. The summed E-state index contributed by atoms with van der Waals surface area (Å²) in [5.74, 6) is 0.546. The van der Waals surface area contributed by atoms with E-state index in [4.69, 9.17) is 0 Å². The van der Waals surface area contributed by atoms with Crippen molar-refractivity contribution in [1.82, 2.24) is 10.2 Å². The fourth-order valence-electron chi connectivity index (χ4n) is 4.99. The molecular formula is C24H30N2O. The predicted molar refractivity (Wildman–Crippen MR) is 110 cm³/mol. The molecule has 2 heterocycles. The van der Waals surface area contributed by atoms with Crippen LogP contribution in [0.5, 0.6) is 0 Å². The van der Waals surface area contributed by atoms with Gasteiger partial charge >= 0.3 is 0 Å². The summed E-state index contributed by atoms with van der Waals surface area (Å²) in [6.07, 6.45) is 4.87. The lowest BCUT2D eigenvalue weighted by molar-refractivity contribution is -0.125. The zero-order chi connectivity index (χ0) is 18.6. The third-order valence-corrected chi connectivity index (χ3v) is 6.53. The Morgan fingerprint density at radius 1 is 1.04 bits per heavy atom. The van der Waals surface area contributed by atoms with Gasteiger partial charge in [-0.1, -0.05) is 67.1 Å². The van der Waals surface area contributed by atoms with Crippen molar-refractivity contribution in [2.45, 2.75) is 50.6 Å². The van der Waals surface area contributed by atoms with Gasteiger partial charge in [-0.25, -0.2) is 0 Å². The molecule has 27 heavy (non-hydrogen) atoms. The Balaban J connectivity index is 1.46. The van der Waals surface area contributed by atoms with Crippen LogP contribution in [-0.2, 0) is 4.79 Å². The first-order valence-corrected chi connectivity index (χ1v) is 10.4. The van der Waals surface area contributed by atoms with E-state index >= 15 is 0 Å². The number of rotatable bonds is 5. The number of carbonyl (C=O) groups is 1. The van der Waals surface area contributed by atoms with Crippen LogP contribution in [0.4, 0.5) is 0 Å². The second-order valence-electron chi connectivity index (χ2n) is 8.09. The van der Waals surface area contributed by atoms with Crippen molar-refractivity contribution in [3.8, 4) is 0 Å². The fourth-order valence-corrected chi connectivity index (χ4v) is 4.99. The minimum Gasteiger partial charge on any atom is -0.355 e. The van der Waals surface area contributed by atoms with Crippen LogP contribution >= 0.6 is 0 Å². The van der Waals surface area contributed by atoms with Gasteiger partial charge in [0.15, 0.2) is 0 Å². The van der Waals surface area contributed by atoms with Gasteiger partial charge in [-0.3, -0.25) is 9.69 Å². The first kappa shape index (κ1) is 18.2. The molecule has 0 bridgehead atoms. The number of fused-ring (bicyclic) bond motifs is 1. The van der Waals surface area contributed by atoms with E-state index in [2.05, 4.69) is 65.7 Å². The molecule has 2 aromatic rings. The summed E-state index contributed by atoms with van der Waals surface area (Å²) in [6.45, 7) is 4.05. The zero-order valence-electron chi connectivity index (χ0n) is 16.2. The van der Waals surface area contributed by atoms with E-state index in [1.54, 1.807) is 0 Å². The maximum atomic E-state index is 13.0. The summed E-state index contributed by atoms with van der Waals surface area (Å²) in [4.78, 5) is 15.6. The Morgan fingerprint density at radius 2 is 1.67 bits per heavy atom. The molecule has 2 fully saturated rings. The Morgan fingerprint density at radius 3 is 2.26 bits per heavy atom. The van der Waals surface area contributed by atoms with Crippen LogP contribution in [0.3, 0.4) is 0 Å². The van der Waals surface area contributed by atoms with E-state index in [-0.39, 0.29) is 17.7 Å². The highest BCUT2D eigenvalue weighted by molar-refractivity contribution is 5.80. The Kier molecular flexibility index (Phi) is 5.58. The van der Waals surface area contributed by atoms with Gasteiger partial charge in [0.2, 0.25) is 5.91 Å². The minimum absolute atomic E-state index is 0.125. The van der Waals surface area contributed by atoms with Gasteiger partial charge in [0.05, 0.1) is 5.92 Å². The van der Waals surface area contributed by atoms with Gasteiger partial charge in [-0.15, -0.1) is 0 Å². The van der Waals surface area contributed by atoms with Gasteiger partial charge < -0.3 is 5.32 Å². The number of hydrogen-bond donors (Lipinski definition) is 1. The van der Waals surface area contributed by atoms with Crippen LogP contribution < -0.4 is 5.32 Å². The van der Waals surface area contributed by atoms with E-state index in [0.717, 1.165) is 13.0 Å². The zero-order valence-corrected chi connectivity index (χ0v) is 16.2. The maximum Gasteiger partial charge on any atom is 0.224 e. The first-order chi connectivity index (χ1) is 13.2. The van der Waals surface area contributed by atoms with Crippen LogP contribution in [0, 0.1) is 5.92 Å². The standard InChI is InChI=1S/C24H30N2O/c1-18-22(16-21-14-8-9-15-26(18)21)24(27)25-17-23(19-10-4-2-5-11-19)20-12-6-3-7-13-20/h2-7,10-13,18,21-23H,8-9,14-17H2,1H3,(H,25,27)/t18-,21+,22+/m0/s1. The molecule has 3 atom stereocenters. The van der Waals surface area contributed by atoms with E-state index in [9.17, 15) is 4.79 Å². The maximum absolute atomic E-state index is 13.0. The van der Waals surface area contributed by atoms with E-state index in [0.29, 0.717) is 18.6 Å². The molecule has 0 saturated carbocycles. The van der Waals surface area contributed by atoms with Gasteiger partial charge in [0.25, 0.3) is 0 Å². The quantitative estimate of drug-likeness (QED) is 0.865. The molecule has 3 heteroatoms. The highest BCUT2D eigenvalue weighted by Gasteiger charge is 2.42. The molecule has 4 rings (SSSR count). The molecule has 1 amide bonds. The average molecular weight is 363 g/mol. The van der Waals surface area contributed by atoms with Gasteiger partial charge in [0.1, 0.15) is 0 Å². The van der Waals surface area contributed by atoms with E-state index in [1.807, 2.05) is 12.1 Å². The lowest BCUT2D eigenvalue weighted by Gasteiger charge is -2.32. The van der Waals surface area contributed by atoms with Crippen molar-refractivity contribution >= 4 is 5.91 Å². The number of carbonyl (C=O) groups excluding carboxylic acids is 1. The second kappa shape index (κ2) is 8.26. The molecule has 0 radical (unpaired) electrons. The molecule has 1 N–H and O–H groups in total. The molecular weight excluding hydrogens is 332 g/mol. The van der Waals surface area contributed by atoms with Crippen LogP contribution in [0.1, 0.15) is 49.7 Å². The van der Waals surface area contributed by atoms with Crippen LogP contribution in [-0.4, -0.2) is 36.0 Å². The van der Waals surface area contributed by atoms with E-state index in [1.165, 1.54) is 30.4 Å². The predicted octanol–water partition coefficient (Wildman–Crippen LogP) is 4.20. The molecule has 3 nitrogen and oxygen atoms in total. The highest BCUT2D eigenvalue weighted by Crippen LogP contribution is 2.35. The molecule has 0 spiro atoms. The summed E-state index contributed by atoms with van der Waals surface area (Å²) in [5, 5.41) is 3.30. The number of nitrogens with zero attached hydrogens (tertiary/aromatic N) is 1. The molecule has 2 aliphatic heterocycles. The fraction of sp³-hybridized carbons (Fsp3) is 0.458. The third kappa shape index (κ3) is 3.93. The normalized spacial score (nSPS) is 25.3. The van der Waals surface area contributed by atoms with Gasteiger partial charge in [-0.05, 0) is 43.9 Å². The number of piperidine rings is 1. The van der Waals surface area contributed by atoms with Crippen molar-refractivity contribution < 1.29 is 4.79 Å². The number of hydrogen-bond acceptors (Lipinski definition) is 2. The number of amides is 1. The Bertz CT molecular complexity index is 706. The third-order valence-electron chi connectivity index (χ3n) is 6.53. The SMILES string of the molecule is C[C@H]1[C@H](C(=O)NCC(c2ccccc2)c2ccccc2)C[C@H]2CCCCN21. The van der Waals surface area contributed by atoms with Crippen molar-refractivity contribution in [2.75, 3.05) is 13.1 Å². The molecule has 0 unspecified atom stereocenters. The lowest BCUT2D eigenvalue weighted by atomic mass is 9.90. The summed E-state index contributed by atoms with van der Waals surface area (Å²) in [6, 6.07) is 22.0. The smallest absolute Gasteiger partial charge is 0.224 e. The largest absolute Gasteiger partial charge is 0.355 e. The molecule has 2 saturated heterocycles.